The molecule has 19 heavy (non-hydrogen) atoms. The summed E-state index contributed by atoms with van der Waals surface area (Å²) in [7, 11) is 0. The van der Waals surface area contributed by atoms with Crippen molar-refractivity contribution in [2.75, 3.05) is 25.1 Å². The van der Waals surface area contributed by atoms with E-state index in [1.54, 1.807) is 18.2 Å². The third-order valence-electron chi connectivity index (χ3n) is 2.43. The molecule has 0 saturated carbocycles. The molecule has 0 spiro atoms. The summed E-state index contributed by atoms with van der Waals surface area (Å²) < 4.78 is 11.1. The number of ether oxygens (including phenoxy) is 2. The molecule has 1 aliphatic rings. The number of amides is 3. The maximum atomic E-state index is 11.7. The molecule has 0 radical (unpaired) electrons. The van der Waals surface area contributed by atoms with Gasteiger partial charge in [0.25, 0.3) is 5.91 Å². The van der Waals surface area contributed by atoms with Gasteiger partial charge in [-0.1, -0.05) is 22.0 Å². The molecule has 1 fully saturated rings. The van der Waals surface area contributed by atoms with E-state index in [0.29, 0.717) is 18.9 Å². The van der Waals surface area contributed by atoms with E-state index >= 15 is 0 Å². The van der Waals surface area contributed by atoms with Crippen molar-refractivity contribution in [3.63, 3.8) is 0 Å². The maximum Gasteiger partial charge on any atom is 0.325 e. The first-order chi connectivity index (χ1) is 9.15. The van der Waals surface area contributed by atoms with E-state index in [-0.39, 0.29) is 6.61 Å². The second-order valence-corrected chi connectivity index (χ2v) is 4.80. The summed E-state index contributed by atoms with van der Waals surface area (Å²) >= 11 is 3.29. The zero-order valence-corrected chi connectivity index (χ0v) is 11.6. The first-order valence-corrected chi connectivity index (χ1v) is 6.51. The Hall–Kier alpha value is -1.44. The van der Waals surface area contributed by atoms with Crippen molar-refractivity contribution < 1.29 is 19.1 Å². The number of hydrogen-bond donors (Lipinski definition) is 2. The Morgan fingerprint density at radius 2 is 2.16 bits per heavy atom. The highest BCUT2D eigenvalue weighted by Crippen LogP contribution is 2.15. The molecule has 1 aromatic rings. The maximum absolute atomic E-state index is 11.7. The monoisotopic (exact) mass is 328 g/mol. The van der Waals surface area contributed by atoms with E-state index in [4.69, 9.17) is 9.47 Å². The first kappa shape index (κ1) is 14.0. The minimum Gasteiger partial charge on any atom is -0.376 e. The molecule has 1 saturated heterocycles. The molecular formula is C12H13BrN2O4. The highest BCUT2D eigenvalue weighted by molar-refractivity contribution is 9.10. The fourth-order valence-corrected chi connectivity index (χ4v) is 1.96. The molecule has 1 aliphatic heterocycles. The summed E-state index contributed by atoms with van der Waals surface area (Å²) in [5.74, 6) is -0.507. The van der Waals surface area contributed by atoms with E-state index in [0.717, 1.165) is 4.47 Å². The van der Waals surface area contributed by atoms with Crippen LogP contribution in [0.3, 0.4) is 0 Å². The van der Waals surface area contributed by atoms with E-state index in [1.807, 2.05) is 6.07 Å². The van der Waals surface area contributed by atoms with Gasteiger partial charge in [0, 0.05) is 10.2 Å². The Kier molecular flexibility index (Phi) is 4.89. The quantitative estimate of drug-likeness (QED) is 0.862. The molecule has 0 aliphatic carbocycles. The molecule has 0 bridgehead atoms. The average Bonchev–Trinajstić information content (AvgIpc) is 2.39. The van der Waals surface area contributed by atoms with Gasteiger partial charge >= 0.3 is 6.03 Å². The number of imide groups is 1. The van der Waals surface area contributed by atoms with Crippen LogP contribution in [-0.2, 0) is 14.3 Å². The summed E-state index contributed by atoms with van der Waals surface area (Å²) in [6, 6.07) is 6.46. The molecule has 2 rings (SSSR count). The van der Waals surface area contributed by atoms with E-state index in [2.05, 4.69) is 26.6 Å². The molecule has 0 aromatic heterocycles. The van der Waals surface area contributed by atoms with Crippen LogP contribution in [0.2, 0.25) is 0 Å². The summed E-state index contributed by atoms with van der Waals surface area (Å²) in [6.07, 6.45) is -0.734. The molecule has 1 unspecified atom stereocenters. The predicted octanol–water partition coefficient (Wildman–Crippen LogP) is 1.51. The topological polar surface area (TPSA) is 76.7 Å². The number of carbonyl (C=O) groups excluding carboxylic acids is 2. The Morgan fingerprint density at radius 1 is 1.32 bits per heavy atom. The predicted molar refractivity (Wildman–Crippen MR) is 71.9 cm³/mol. The van der Waals surface area contributed by atoms with Gasteiger partial charge in [-0.2, -0.15) is 0 Å². The number of rotatable bonds is 2. The van der Waals surface area contributed by atoms with Crippen molar-refractivity contribution in [3.05, 3.63) is 28.7 Å². The van der Waals surface area contributed by atoms with Crippen LogP contribution in [0.4, 0.5) is 10.5 Å². The van der Waals surface area contributed by atoms with Crippen LogP contribution in [-0.4, -0.2) is 37.9 Å². The lowest BCUT2D eigenvalue weighted by Crippen LogP contribution is -2.46. The summed E-state index contributed by atoms with van der Waals surface area (Å²) in [5.41, 5.74) is 0.584. The van der Waals surface area contributed by atoms with Gasteiger partial charge in [0.2, 0.25) is 0 Å². The lowest BCUT2D eigenvalue weighted by Gasteiger charge is -2.21. The largest absolute Gasteiger partial charge is 0.376 e. The van der Waals surface area contributed by atoms with Gasteiger partial charge in [0.1, 0.15) is 0 Å². The van der Waals surface area contributed by atoms with Crippen LogP contribution >= 0.6 is 15.9 Å². The van der Waals surface area contributed by atoms with E-state index in [1.165, 1.54) is 0 Å². The summed E-state index contributed by atoms with van der Waals surface area (Å²) in [6.45, 7) is 0.982. The zero-order valence-electron chi connectivity index (χ0n) is 10.0. The van der Waals surface area contributed by atoms with Gasteiger partial charge in [-0.3, -0.25) is 10.1 Å². The van der Waals surface area contributed by atoms with Crippen molar-refractivity contribution >= 4 is 33.6 Å². The molecule has 3 amide bonds. The van der Waals surface area contributed by atoms with Gasteiger partial charge in [0.05, 0.1) is 19.8 Å². The normalized spacial score (nSPS) is 18.7. The van der Waals surface area contributed by atoms with E-state index < -0.39 is 18.0 Å². The van der Waals surface area contributed by atoms with Gasteiger partial charge in [-0.15, -0.1) is 0 Å². The molecule has 6 nitrogen and oxygen atoms in total. The molecule has 7 heteroatoms. The van der Waals surface area contributed by atoms with Crippen LogP contribution in [0.25, 0.3) is 0 Å². The number of hydrogen-bond acceptors (Lipinski definition) is 4. The van der Waals surface area contributed by atoms with Crippen molar-refractivity contribution in [3.8, 4) is 0 Å². The van der Waals surface area contributed by atoms with Crippen molar-refractivity contribution in [2.45, 2.75) is 6.10 Å². The zero-order chi connectivity index (χ0) is 13.7. The molecular weight excluding hydrogens is 316 g/mol. The Balaban J connectivity index is 1.85. The summed E-state index contributed by atoms with van der Waals surface area (Å²) in [5, 5.41) is 4.76. The first-order valence-electron chi connectivity index (χ1n) is 5.72. The fourth-order valence-electron chi connectivity index (χ4n) is 1.56. The number of nitrogens with one attached hydrogen (secondary N) is 2. The van der Waals surface area contributed by atoms with Gasteiger partial charge < -0.3 is 14.8 Å². The highest BCUT2D eigenvalue weighted by Gasteiger charge is 2.24. The number of anilines is 1. The number of benzene rings is 1. The van der Waals surface area contributed by atoms with Gasteiger partial charge in [-0.05, 0) is 18.2 Å². The van der Waals surface area contributed by atoms with Crippen molar-refractivity contribution in [1.82, 2.24) is 5.32 Å². The van der Waals surface area contributed by atoms with Crippen molar-refractivity contribution in [1.29, 1.82) is 0 Å². The minimum atomic E-state index is -0.734. The van der Waals surface area contributed by atoms with E-state index in [9.17, 15) is 9.59 Å². The van der Waals surface area contributed by atoms with Crippen LogP contribution in [0.5, 0.6) is 0 Å². The summed E-state index contributed by atoms with van der Waals surface area (Å²) in [4.78, 5) is 23.3. The van der Waals surface area contributed by atoms with Crippen LogP contribution in [0.15, 0.2) is 28.7 Å². The van der Waals surface area contributed by atoms with Gasteiger partial charge in [-0.25, -0.2) is 4.79 Å². The second-order valence-electron chi connectivity index (χ2n) is 3.89. The Morgan fingerprint density at radius 3 is 2.84 bits per heavy atom. The lowest BCUT2D eigenvalue weighted by molar-refractivity contribution is -0.146. The fraction of sp³-hybridized carbons (Fsp3) is 0.333. The molecule has 1 aromatic carbocycles. The van der Waals surface area contributed by atoms with Crippen LogP contribution < -0.4 is 10.6 Å². The Bertz CT molecular complexity index is 475. The average molecular weight is 329 g/mol. The van der Waals surface area contributed by atoms with Crippen LogP contribution in [0.1, 0.15) is 0 Å². The highest BCUT2D eigenvalue weighted by atomic mass is 79.9. The molecule has 1 heterocycles. The smallest absolute Gasteiger partial charge is 0.325 e. The number of halogens is 1. The molecule has 2 N–H and O–H groups in total. The minimum absolute atomic E-state index is 0.163. The Labute approximate surface area is 118 Å². The third-order valence-corrected chi connectivity index (χ3v) is 2.92. The molecule has 102 valence electrons. The standard InChI is InChI=1S/C12H13BrN2O4/c13-8-2-1-3-9(6-8)14-12(17)15-11(16)10-7-18-4-5-19-10/h1-3,6,10H,4-5,7H2,(H2,14,15,16,17). The van der Waals surface area contributed by atoms with Gasteiger partial charge in [0.15, 0.2) is 6.10 Å². The third kappa shape index (κ3) is 4.30. The second kappa shape index (κ2) is 6.65. The van der Waals surface area contributed by atoms with Crippen molar-refractivity contribution in [2.24, 2.45) is 0 Å². The number of urea groups is 1. The molecule has 1 atom stereocenters. The SMILES string of the molecule is O=C(NC(=O)C1COCCO1)Nc1cccc(Br)c1. The number of carbonyl (C=O) groups is 2. The van der Waals surface area contributed by atoms with Crippen LogP contribution in [0, 0.1) is 0 Å². The lowest BCUT2D eigenvalue weighted by atomic mass is 10.3.